The van der Waals surface area contributed by atoms with Gasteiger partial charge in [0.15, 0.2) is 11.6 Å². The van der Waals surface area contributed by atoms with Crippen molar-refractivity contribution in [1.29, 1.82) is 0 Å². The summed E-state index contributed by atoms with van der Waals surface area (Å²) in [5.41, 5.74) is 1.86. The normalized spacial score (nSPS) is 10.2. The molecular weight excluding hydrogens is 247 g/mol. The fraction of sp³-hybridized carbons (Fsp3) is 0.133. The molecule has 0 saturated carbocycles. The molecule has 4 heteroatoms. The molecule has 0 radical (unpaired) electrons. The lowest BCUT2D eigenvalue weighted by atomic mass is 10.0. The van der Waals surface area contributed by atoms with Crippen LogP contribution in [0.5, 0.6) is 5.75 Å². The highest BCUT2D eigenvalue weighted by Gasteiger charge is 2.09. The fourth-order valence-electron chi connectivity index (χ4n) is 1.91. The summed E-state index contributed by atoms with van der Waals surface area (Å²) in [6.07, 6.45) is 0.487. The Balaban J connectivity index is 2.26. The van der Waals surface area contributed by atoms with E-state index in [9.17, 15) is 9.18 Å². The van der Waals surface area contributed by atoms with Crippen LogP contribution in [0.15, 0.2) is 42.5 Å². The maximum absolute atomic E-state index is 13.5. The smallest absolute Gasteiger partial charge is 0.335 e. The van der Waals surface area contributed by atoms with Crippen molar-refractivity contribution in [3.8, 4) is 5.75 Å². The summed E-state index contributed by atoms with van der Waals surface area (Å²) in [5.74, 6) is -1.14. The first-order chi connectivity index (χ1) is 9.11. The van der Waals surface area contributed by atoms with Crippen LogP contribution in [0, 0.1) is 5.82 Å². The van der Waals surface area contributed by atoms with Crippen LogP contribution in [0.25, 0.3) is 0 Å². The second-order valence-corrected chi connectivity index (χ2v) is 4.11. The molecule has 0 aromatic heterocycles. The van der Waals surface area contributed by atoms with E-state index in [2.05, 4.69) is 0 Å². The van der Waals surface area contributed by atoms with Crippen molar-refractivity contribution in [3.63, 3.8) is 0 Å². The monoisotopic (exact) mass is 260 g/mol. The van der Waals surface area contributed by atoms with Crippen molar-refractivity contribution in [2.24, 2.45) is 0 Å². The van der Waals surface area contributed by atoms with E-state index in [4.69, 9.17) is 9.84 Å². The third-order valence-corrected chi connectivity index (χ3v) is 2.85. The Morgan fingerprint density at radius 1 is 1.21 bits per heavy atom. The highest BCUT2D eigenvalue weighted by Crippen LogP contribution is 2.24. The van der Waals surface area contributed by atoms with E-state index in [1.165, 1.54) is 25.3 Å². The molecule has 2 aromatic carbocycles. The van der Waals surface area contributed by atoms with Crippen molar-refractivity contribution in [2.75, 3.05) is 7.11 Å². The quantitative estimate of drug-likeness (QED) is 0.918. The molecule has 0 bridgehead atoms. The lowest BCUT2D eigenvalue weighted by Crippen LogP contribution is -1.98. The van der Waals surface area contributed by atoms with E-state index >= 15 is 0 Å². The van der Waals surface area contributed by atoms with E-state index in [0.29, 0.717) is 6.42 Å². The number of carboxylic acids is 1. The molecule has 0 fully saturated rings. The van der Waals surface area contributed by atoms with Crippen LogP contribution in [0.1, 0.15) is 21.5 Å². The number of hydrogen-bond acceptors (Lipinski definition) is 2. The average molecular weight is 260 g/mol. The van der Waals surface area contributed by atoms with Crippen molar-refractivity contribution in [2.45, 2.75) is 6.42 Å². The highest BCUT2D eigenvalue weighted by molar-refractivity contribution is 5.87. The Bertz CT molecular complexity index is 591. The zero-order valence-electron chi connectivity index (χ0n) is 10.4. The highest BCUT2D eigenvalue weighted by atomic mass is 19.1. The van der Waals surface area contributed by atoms with Crippen molar-refractivity contribution < 1.29 is 19.0 Å². The Labute approximate surface area is 110 Å². The van der Waals surface area contributed by atoms with E-state index < -0.39 is 11.8 Å². The van der Waals surface area contributed by atoms with Gasteiger partial charge in [-0.3, -0.25) is 0 Å². The fourth-order valence-corrected chi connectivity index (χ4v) is 1.91. The number of para-hydroxylation sites is 1. The molecule has 0 atom stereocenters. The summed E-state index contributed by atoms with van der Waals surface area (Å²) in [6, 6.07) is 11.2. The maximum atomic E-state index is 13.5. The van der Waals surface area contributed by atoms with Gasteiger partial charge in [0.1, 0.15) is 0 Å². The lowest BCUT2D eigenvalue weighted by molar-refractivity contribution is 0.0697. The van der Waals surface area contributed by atoms with Crippen LogP contribution in [0.3, 0.4) is 0 Å². The molecule has 0 aliphatic rings. The van der Waals surface area contributed by atoms with E-state index in [1.54, 1.807) is 24.3 Å². The van der Waals surface area contributed by atoms with Gasteiger partial charge in [0, 0.05) is 12.0 Å². The first kappa shape index (κ1) is 13.1. The number of methoxy groups -OCH3 is 1. The number of carboxylic acid groups (broad SMARTS) is 1. The number of carbonyl (C=O) groups is 1. The van der Waals surface area contributed by atoms with Gasteiger partial charge in [-0.25, -0.2) is 9.18 Å². The summed E-state index contributed by atoms with van der Waals surface area (Å²) in [6.45, 7) is 0. The summed E-state index contributed by atoms with van der Waals surface area (Å²) < 4.78 is 18.6. The molecular formula is C15H13FO3. The molecule has 0 amide bonds. The number of aromatic carboxylic acids is 1. The number of rotatable bonds is 4. The van der Waals surface area contributed by atoms with Gasteiger partial charge in [-0.1, -0.05) is 24.3 Å². The molecule has 0 aliphatic carbocycles. The molecule has 98 valence electrons. The van der Waals surface area contributed by atoms with Crippen molar-refractivity contribution in [1.82, 2.24) is 0 Å². The summed E-state index contributed by atoms with van der Waals surface area (Å²) >= 11 is 0. The van der Waals surface area contributed by atoms with Crippen molar-refractivity contribution in [3.05, 3.63) is 65.0 Å². The number of hydrogen-bond donors (Lipinski definition) is 1. The van der Waals surface area contributed by atoms with Gasteiger partial charge < -0.3 is 9.84 Å². The molecule has 1 N–H and O–H groups in total. The minimum atomic E-state index is -0.963. The Morgan fingerprint density at radius 3 is 2.47 bits per heavy atom. The standard InChI is InChI=1S/C15H13FO3/c1-19-14-12(3-2-4-13(14)16)9-10-5-7-11(8-6-10)15(17)18/h2-8H,9H2,1H3,(H,17,18). The number of benzene rings is 2. The summed E-state index contributed by atoms with van der Waals surface area (Å²) in [4.78, 5) is 10.7. The lowest BCUT2D eigenvalue weighted by Gasteiger charge is -2.09. The topological polar surface area (TPSA) is 46.5 Å². The minimum absolute atomic E-state index is 0.227. The van der Waals surface area contributed by atoms with Crippen LogP contribution in [-0.4, -0.2) is 18.2 Å². The molecule has 3 nitrogen and oxygen atoms in total. The zero-order valence-corrected chi connectivity index (χ0v) is 10.4. The van der Waals surface area contributed by atoms with Gasteiger partial charge in [-0.05, 0) is 23.8 Å². The molecule has 0 saturated heterocycles. The molecule has 0 unspecified atom stereocenters. The van der Waals surface area contributed by atoms with Crippen LogP contribution in [0.2, 0.25) is 0 Å². The van der Waals surface area contributed by atoms with E-state index in [1.807, 2.05) is 0 Å². The SMILES string of the molecule is COc1c(F)cccc1Cc1ccc(C(=O)O)cc1. The molecule has 0 aliphatic heterocycles. The molecule has 2 aromatic rings. The van der Waals surface area contributed by atoms with Gasteiger partial charge in [0.25, 0.3) is 0 Å². The average Bonchev–Trinajstić information content (AvgIpc) is 2.39. The summed E-state index contributed by atoms with van der Waals surface area (Å²) in [7, 11) is 1.43. The predicted molar refractivity (Wildman–Crippen MR) is 69.2 cm³/mol. The maximum Gasteiger partial charge on any atom is 0.335 e. The van der Waals surface area contributed by atoms with Crippen LogP contribution in [0.4, 0.5) is 4.39 Å². The minimum Gasteiger partial charge on any atom is -0.493 e. The van der Waals surface area contributed by atoms with Crippen LogP contribution >= 0.6 is 0 Å². The third-order valence-electron chi connectivity index (χ3n) is 2.85. The van der Waals surface area contributed by atoms with Gasteiger partial charge >= 0.3 is 5.97 Å². The van der Waals surface area contributed by atoms with Gasteiger partial charge in [-0.15, -0.1) is 0 Å². The van der Waals surface area contributed by atoms with Gasteiger partial charge in [0.05, 0.1) is 12.7 Å². The van der Waals surface area contributed by atoms with E-state index in [0.717, 1.165) is 11.1 Å². The van der Waals surface area contributed by atoms with E-state index in [-0.39, 0.29) is 11.3 Å². The zero-order chi connectivity index (χ0) is 13.8. The first-order valence-corrected chi connectivity index (χ1v) is 5.75. The second-order valence-electron chi connectivity index (χ2n) is 4.11. The molecule has 2 rings (SSSR count). The third kappa shape index (κ3) is 2.91. The van der Waals surface area contributed by atoms with Gasteiger partial charge in [0.2, 0.25) is 0 Å². The number of halogens is 1. The molecule has 19 heavy (non-hydrogen) atoms. The first-order valence-electron chi connectivity index (χ1n) is 5.75. The predicted octanol–water partition coefficient (Wildman–Crippen LogP) is 3.12. The summed E-state index contributed by atoms with van der Waals surface area (Å²) in [5, 5.41) is 8.81. The van der Waals surface area contributed by atoms with Gasteiger partial charge in [-0.2, -0.15) is 0 Å². The Kier molecular flexibility index (Phi) is 3.80. The second kappa shape index (κ2) is 5.52. The Morgan fingerprint density at radius 2 is 1.89 bits per heavy atom. The van der Waals surface area contributed by atoms with Crippen LogP contribution in [-0.2, 0) is 6.42 Å². The molecule has 0 spiro atoms. The Hall–Kier alpha value is -2.36. The molecule has 0 heterocycles. The number of ether oxygens (including phenoxy) is 1. The van der Waals surface area contributed by atoms with Crippen molar-refractivity contribution >= 4 is 5.97 Å². The largest absolute Gasteiger partial charge is 0.493 e. The van der Waals surface area contributed by atoms with Crippen LogP contribution < -0.4 is 4.74 Å².